The summed E-state index contributed by atoms with van der Waals surface area (Å²) in [5.41, 5.74) is 6.10. The van der Waals surface area contributed by atoms with E-state index < -0.39 is 0 Å². The second kappa shape index (κ2) is 5.36. The van der Waals surface area contributed by atoms with E-state index in [4.69, 9.17) is 5.73 Å². The molecule has 11 heavy (non-hydrogen) atoms. The molecule has 0 aliphatic carbocycles. The molecular formula is C9H22IN. The van der Waals surface area contributed by atoms with Gasteiger partial charge in [0.2, 0.25) is 0 Å². The molecule has 0 aliphatic heterocycles. The summed E-state index contributed by atoms with van der Waals surface area (Å²) < 4.78 is 0. The minimum Gasteiger partial charge on any atom is -0.328 e. The van der Waals surface area contributed by atoms with Gasteiger partial charge in [0.05, 0.1) is 0 Å². The average molecular weight is 271 g/mol. The van der Waals surface area contributed by atoms with Crippen molar-refractivity contribution in [3.63, 3.8) is 0 Å². The highest BCUT2D eigenvalue weighted by Crippen LogP contribution is 2.28. The van der Waals surface area contributed by atoms with Crippen molar-refractivity contribution in [1.29, 1.82) is 0 Å². The van der Waals surface area contributed by atoms with Crippen LogP contribution in [0.5, 0.6) is 0 Å². The van der Waals surface area contributed by atoms with Crippen molar-refractivity contribution in [3.05, 3.63) is 0 Å². The normalized spacial score (nSPS) is 16.9. The lowest BCUT2D eigenvalue weighted by Gasteiger charge is -2.28. The molecule has 2 N–H and O–H groups in total. The zero-order valence-corrected chi connectivity index (χ0v) is 10.7. The summed E-state index contributed by atoms with van der Waals surface area (Å²) in [5.74, 6) is 0.715. The van der Waals surface area contributed by atoms with Crippen LogP contribution in [0, 0.1) is 11.3 Å². The van der Waals surface area contributed by atoms with Gasteiger partial charge >= 0.3 is 0 Å². The number of hydrogen-bond donors (Lipinski definition) is 1. The lowest BCUT2D eigenvalue weighted by atomic mass is 9.79. The smallest absolute Gasteiger partial charge is 0.00132 e. The summed E-state index contributed by atoms with van der Waals surface area (Å²) in [4.78, 5) is 0. The molecule has 0 aliphatic rings. The molecule has 2 unspecified atom stereocenters. The Morgan fingerprint density at radius 3 is 1.64 bits per heavy atom. The molecule has 0 aromatic carbocycles. The van der Waals surface area contributed by atoms with Crippen LogP contribution in [-0.4, -0.2) is 6.04 Å². The van der Waals surface area contributed by atoms with Gasteiger partial charge in [0, 0.05) is 6.04 Å². The van der Waals surface area contributed by atoms with Crippen molar-refractivity contribution in [2.75, 3.05) is 0 Å². The van der Waals surface area contributed by atoms with E-state index in [9.17, 15) is 0 Å². The predicted octanol–water partition coefficient (Wildman–Crippen LogP) is 3.02. The molecule has 0 aromatic rings. The van der Waals surface area contributed by atoms with Crippen molar-refractivity contribution >= 4 is 24.0 Å². The maximum Gasteiger partial charge on any atom is 0.00132 e. The largest absolute Gasteiger partial charge is 0.328 e. The highest BCUT2D eigenvalue weighted by atomic mass is 127. The maximum absolute atomic E-state index is 5.69. The fraction of sp³-hybridized carbons (Fsp3) is 1.00. The SMILES string of the molecule is CC(N)CC(C)C(C)(C)C.I. The van der Waals surface area contributed by atoms with Crippen molar-refractivity contribution in [3.8, 4) is 0 Å². The van der Waals surface area contributed by atoms with Gasteiger partial charge in [-0.1, -0.05) is 27.7 Å². The Labute approximate surface area is 88.1 Å². The third-order valence-corrected chi connectivity index (χ3v) is 2.20. The summed E-state index contributed by atoms with van der Waals surface area (Å²) in [7, 11) is 0. The van der Waals surface area contributed by atoms with E-state index in [1.807, 2.05) is 0 Å². The molecule has 2 heteroatoms. The summed E-state index contributed by atoms with van der Waals surface area (Å²) in [6, 6.07) is 0.342. The first-order valence-electron chi connectivity index (χ1n) is 4.09. The molecule has 0 rings (SSSR count). The van der Waals surface area contributed by atoms with E-state index in [0.717, 1.165) is 6.42 Å². The molecule has 0 saturated heterocycles. The van der Waals surface area contributed by atoms with Gasteiger partial charge in [0.1, 0.15) is 0 Å². The summed E-state index contributed by atoms with van der Waals surface area (Å²) in [6.45, 7) is 11.1. The second-order valence-electron chi connectivity index (χ2n) is 4.48. The van der Waals surface area contributed by atoms with Gasteiger partial charge in [0.25, 0.3) is 0 Å². The van der Waals surface area contributed by atoms with Crippen LogP contribution in [0.15, 0.2) is 0 Å². The molecule has 2 atom stereocenters. The Morgan fingerprint density at radius 1 is 1.18 bits per heavy atom. The molecule has 0 radical (unpaired) electrons. The second-order valence-corrected chi connectivity index (χ2v) is 4.48. The standard InChI is InChI=1S/C9H21N.HI/c1-7(6-8(2)10)9(3,4)5;/h7-8H,6,10H2,1-5H3;1H. The topological polar surface area (TPSA) is 26.0 Å². The lowest BCUT2D eigenvalue weighted by molar-refractivity contribution is 0.236. The monoisotopic (exact) mass is 271 g/mol. The lowest BCUT2D eigenvalue weighted by Crippen LogP contribution is -2.25. The van der Waals surface area contributed by atoms with E-state index in [-0.39, 0.29) is 24.0 Å². The minimum atomic E-state index is 0. The van der Waals surface area contributed by atoms with Gasteiger partial charge in [0.15, 0.2) is 0 Å². The van der Waals surface area contributed by atoms with Crippen molar-refractivity contribution in [2.24, 2.45) is 17.1 Å². The van der Waals surface area contributed by atoms with Crippen LogP contribution in [0.4, 0.5) is 0 Å². The number of halogens is 1. The number of hydrogen-bond acceptors (Lipinski definition) is 1. The fourth-order valence-electron chi connectivity index (χ4n) is 0.911. The van der Waals surface area contributed by atoms with Crippen LogP contribution in [0.2, 0.25) is 0 Å². The minimum absolute atomic E-state index is 0. The average Bonchev–Trinajstić information content (AvgIpc) is 1.60. The Morgan fingerprint density at radius 2 is 1.55 bits per heavy atom. The van der Waals surface area contributed by atoms with Crippen LogP contribution in [0.3, 0.4) is 0 Å². The van der Waals surface area contributed by atoms with Gasteiger partial charge in [-0.25, -0.2) is 0 Å². The highest BCUT2D eigenvalue weighted by Gasteiger charge is 2.20. The van der Waals surface area contributed by atoms with Gasteiger partial charge in [-0.2, -0.15) is 0 Å². The van der Waals surface area contributed by atoms with Crippen LogP contribution < -0.4 is 5.73 Å². The zero-order chi connectivity index (χ0) is 8.36. The maximum atomic E-state index is 5.69. The summed E-state index contributed by atoms with van der Waals surface area (Å²) in [5, 5.41) is 0. The zero-order valence-electron chi connectivity index (χ0n) is 8.35. The van der Waals surface area contributed by atoms with E-state index in [2.05, 4.69) is 34.6 Å². The molecule has 0 bridgehead atoms. The van der Waals surface area contributed by atoms with Gasteiger partial charge in [-0.05, 0) is 24.7 Å². The summed E-state index contributed by atoms with van der Waals surface area (Å²) in [6.07, 6.45) is 1.13. The van der Waals surface area contributed by atoms with E-state index in [0.29, 0.717) is 17.4 Å². The van der Waals surface area contributed by atoms with Crippen molar-refractivity contribution in [1.82, 2.24) is 0 Å². The molecule has 0 saturated carbocycles. The molecule has 0 fully saturated rings. The Kier molecular flexibility index (Phi) is 6.93. The first kappa shape index (κ1) is 14.2. The Bertz CT molecular complexity index is 94.2. The van der Waals surface area contributed by atoms with Gasteiger partial charge in [-0.3, -0.25) is 0 Å². The fourth-order valence-corrected chi connectivity index (χ4v) is 0.911. The summed E-state index contributed by atoms with van der Waals surface area (Å²) >= 11 is 0. The third-order valence-electron chi connectivity index (χ3n) is 2.20. The molecular weight excluding hydrogens is 249 g/mol. The first-order valence-corrected chi connectivity index (χ1v) is 4.09. The highest BCUT2D eigenvalue weighted by molar-refractivity contribution is 14.0. The third kappa shape index (κ3) is 7.06. The quantitative estimate of drug-likeness (QED) is 0.767. The number of rotatable bonds is 2. The van der Waals surface area contributed by atoms with E-state index >= 15 is 0 Å². The molecule has 0 amide bonds. The first-order chi connectivity index (χ1) is 4.34. The van der Waals surface area contributed by atoms with Crippen molar-refractivity contribution in [2.45, 2.75) is 47.1 Å². The van der Waals surface area contributed by atoms with Gasteiger partial charge < -0.3 is 5.73 Å². The predicted molar refractivity (Wildman–Crippen MR) is 62.3 cm³/mol. The van der Waals surface area contributed by atoms with Crippen LogP contribution in [0.1, 0.15) is 41.0 Å². The van der Waals surface area contributed by atoms with Crippen LogP contribution >= 0.6 is 24.0 Å². The van der Waals surface area contributed by atoms with Crippen molar-refractivity contribution < 1.29 is 0 Å². The van der Waals surface area contributed by atoms with Crippen LogP contribution in [0.25, 0.3) is 0 Å². The Balaban J connectivity index is 0. The Hall–Kier alpha value is 0.690. The van der Waals surface area contributed by atoms with E-state index in [1.165, 1.54) is 0 Å². The van der Waals surface area contributed by atoms with Crippen LogP contribution in [-0.2, 0) is 0 Å². The molecule has 70 valence electrons. The molecule has 0 aromatic heterocycles. The van der Waals surface area contributed by atoms with Gasteiger partial charge in [-0.15, -0.1) is 24.0 Å². The van der Waals surface area contributed by atoms with E-state index in [1.54, 1.807) is 0 Å². The molecule has 0 heterocycles. The molecule has 1 nitrogen and oxygen atoms in total. The molecule has 0 spiro atoms. The number of nitrogens with two attached hydrogens (primary N) is 1.